The third-order valence-corrected chi connectivity index (χ3v) is 8.06. The van der Waals surface area contributed by atoms with Gasteiger partial charge in [-0.1, -0.05) is 29.8 Å². The highest BCUT2D eigenvalue weighted by Gasteiger charge is 2.41. The van der Waals surface area contributed by atoms with E-state index < -0.39 is 73.5 Å². The molecule has 6 nitrogen and oxygen atoms in total. The van der Waals surface area contributed by atoms with Gasteiger partial charge in [0.15, 0.2) is 5.78 Å². The number of amides is 2. The van der Waals surface area contributed by atoms with E-state index in [9.17, 15) is 40.7 Å². The van der Waals surface area contributed by atoms with Crippen LogP contribution >= 0.6 is 25.1 Å². The zero-order chi connectivity index (χ0) is 30.8. The van der Waals surface area contributed by atoms with Gasteiger partial charge in [-0.15, -0.1) is 0 Å². The van der Waals surface area contributed by atoms with Crippen LogP contribution in [-0.4, -0.2) is 42.5 Å². The van der Waals surface area contributed by atoms with Crippen molar-refractivity contribution >= 4 is 54.1 Å². The average Bonchev–Trinajstić information content (AvgIpc) is 3.74. The number of carbonyl (C=O) groups is 3. The van der Waals surface area contributed by atoms with Crippen molar-refractivity contribution in [2.45, 2.75) is 69.3 Å². The number of alkyl halides is 6. The molecule has 2 aromatic rings. The molecule has 3 N–H and O–H groups in total. The molecule has 1 aliphatic carbocycles. The van der Waals surface area contributed by atoms with Gasteiger partial charge in [-0.25, -0.2) is 0 Å². The lowest BCUT2D eigenvalue weighted by Gasteiger charge is -2.30. The summed E-state index contributed by atoms with van der Waals surface area (Å²) in [6.07, 6.45) is -12.6. The largest absolute Gasteiger partial charge is 0.389 e. The number of benzene rings is 2. The Morgan fingerprint density at radius 3 is 2.16 bits per heavy atom. The molecule has 0 spiro atoms. The summed E-state index contributed by atoms with van der Waals surface area (Å²) in [5.41, 5.74) is 8.18. The molecule has 236 valence electrons. The molecule has 1 fully saturated rings. The minimum atomic E-state index is -4.75. The lowest BCUT2D eigenvalue weighted by atomic mass is 9.83. The molecule has 0 bridgehead atoms. The van der Waals surface area contributed by atoms with Crippen molar-refractivity contribution in [2.75, 3.05) is 11.4 Å². The van der Waals surface area contributed by atoms with Gasteiger partial charge < -0.3 is 16.0 Å². The minimum absolute atomic E-state index is 0. The summed E-state index contributed by atoms with van der Waals surface area (Å²) in [6.45, 7) is -0.123. The van der Waals surface area contributed by atoms with Crippen LogP contribution in [0.25, 0.3) is 0 Å². The van der Waals surface area contributed by atoms with Crippen molar-refractivity contribution in [1.29, 1.82) is 0 Å². The third-order valence-electron chi connectivity index (χ3n) is 7.70. The molecule has 1 aliphatic heterocycles. The first-order valence-corrected chi connectivity index (χ1v) is 13.9. The van der Waals surface area contributed by atoms with Crippen LogP contribution in [-0.2, 0) is 20.8 Å². The maximum atomic E-state index is 13.4. The van der Waals surface area contributed by atoms with Gasteiger partial charge in [0.2, 0.25) is 11.8 Å². The lowest BCUT2D eigenvalue weighted by molar-refractivity contribution is -0.152. The van der Waals surface area contributed by atoms with E-state index in [2.05, 4.69) is 5.32 Å². The quantitative estimate of drug-likeness (QED) is 0.288. The summed E-state index contributed by atoms with van der Waals surface area (Å²) in [7, 11) is 0. The van der Waals surface area contributed by atoms with Crippen LogP contribution in [0.4, 0.5) is 37.7 Å². The van der Waals surface area contributed by atoms with Crippen molar-refractivity contribution in [3.05, 3.63) is 58.6 Å². The molecule has 4 rings (SSSR count). The summed E-state index contributed by atoms with van der Waals surface area (Å²) in [5.74, 6) is -6.23. The molecule has 14 heteroatoms. The van der Waals surface area contributed by atoms with Crippen LogP contribution in [0.5, 0.6) is 0 Å². The Labute approximate surface area is 256 Å². The predicted octanol–water partition coefficient (Wildman–Crippen LogP) is 6.48. The second kappa shape index (κ2) is 13.8. The highest BCUT2D eigenvalue weighted by atomic mass is 35.5. The monoisotopic (exact) mass is 651 g/mol. The molecule has 3 atom stereocenters. The van der Waals surface area contributed by atoms with Crippen LogP contribution in [0.15, 0.2) is 42.5 Å². The maximum absolute atomic E-state index is 13.4. The fourth-order valence-electron chi connectivity index (χ4n) is 5.36. The second-order valence-corrected chi connectivity index (χ2v) is 11.3. The molecule has 1 saturated carbocycles. The number of halogens is 7. The topological polar surface area (TPSA) is 92.5 Å². The summed E-state index contributed by atoms with van der Waals surface area (Å²) < 4.78 is 78.2. The Kier molecular flexibility index (Phi) is 11.1. The number of hydrogen-bond acceptors (Lipinski definition) is 4. The highest BCUT2D eigenvalue weighted by Crippen LogP contribution is 2.43. The number of nitrogens with one attached hydrogen (secondary N) is 1. The van der Waals surface area contributed by atoms with Crippen LogP contribution in [0.2, 0.25) is 5.02 Å². The maximum Gasteiger partial charge on any atom is 0.389 e. The Morgan fingerprint density at radius 1 is 0.977 bits per heavy atom. The van der Waals surface area contributed by atoms with Crippen molar-refractivity contribution in [2.24, 2.45) is 17.6 Å². The molecule has 43 heavy (non-hydrogen) atoms. The Bertz CT molecular complexity index is 1340. The molecule has 1 heterocycles. The van der Waals surface area contributed by atoms with Gasteiger partial charge in [0.1, 0.15) is 6.04 Å². The molecule has 0 aromatic heterocycles. The van der Waals surface area contributed by atoms with Gasteiger partial charge in [0.05, 0.1) is 6.54 Å². The Hall–Kier alpha value is -2.93. The normalized spacial score (nSPS) is 18.6. The third kappa shape index (κ3) is 9.28. The second-order valence-electron chi connectivity index (χ2n) is 10.8. The lowest BCUT2D eigenvalue weighted by Crippen LogP contribution is -2.51. The fraction of sp³-hybridized carbons (Fsp3) is 0.483. The number of ketones is 1. The molecule has 0 saturated heterocycles. The zero-order valence-electron chi connectivity index (χ0n) is 22.9. The minimum Gasteiger partial charge on any atom is -0.369 e. The standard InChI is InChI=1S/C29H30ClF6N3O3.H2S/c30-22-5-2-6-24-21(22)14-25(40)23(15-39(24)18-4-1-3-17(13-18)16-7-8-16)38-27(42)20(10-12-29(34,35)36)19(26(37)41)9-11-28(31,32)33;/h1-6,13,16,19-20,23H,7-12,14-15H2,(H2,37,41)(H,38,42);1H2/t19-,20+,23-;/m0./s1. The molecule has 2 amide bonds. The smallest absolute Gasteiger partial charge is 0.369 e. The predicted molar refractivity (Wildman–Crippen MR) is 155 cm³/mol. The van der Waals surface area contributed by atoms with Gasteiger partial charge in [-0.2, -0.15) is 39.8 Å². The molecule has 2 aromatic carbocycles. The van der Waals surface area contributed by atoms with Crippen LogP contribution in [0.1, 0.15) is 55.6 Å². The molecule has 0 unspecified atom stereocenters. The number of anilines is 2. The number of hydrogen-bond donors (Lipinski definition) is 2. The van der Waals surface area contributed by atoms with Gasteiger partial charge >= 0.3 is 12.4 Å². The van der Waals surface area contributed by atoms with Crippen LogP contribution < -0.4 is 16.0 Å². The fourth-order valence-corrected chi connectivity index (χ4v) is 5.60. The molecular formula is C29H32ClF6N3O3S. The van der Waals surface area contributed by atoms with E-state index in [1.54, 1.807) is 23.1 Å². The number of primary amides is 1. The first-order valence-electron chi connectivity index (χ1n) is 13.5. The summed E-state index contributed by atoms with van der Waals surface area (Å²) >= 11 is 6.44. The summed E-state index contributed by atoms with van der Waals surface area (Å²) in [5, 5.41) is 2.76. The number of carbonyl (C=O) groups excluding carboxylic acids is 3. The van der Waals surface area contributed by atoms with E-state index >= 15 is 0 Å². The number of nitrogens with zero attached hydrogens (tertiary/aromatic N) is 1. The van der Waals surface area contributed by atoms with Crippen LogP contribution in [0, 0.1) is 11.8 Å². The van der Waals surface area contributed by atoms with E-state index in [1.165, 1.54) is 0 Å². The number of Topliss-reactive ketones (excluding diaryl/α,β-unsaturated/α-hetero) is 1. The van der Waals surface area contributed by atoms with Gasteiger partial charge in [-0.05, 0) is 61.4 Å². The van der Waals surface area contributed by atoms with Gasteiger partial charge in [0.25, 0.3) is 0 Å². The molecule has 0 radical (unpaired) electrons. The van der Waals surface area contributed by atoms with E-state index in [0.717, 1.165) is 18.4 Å². The first kappa shape index (κ1) is 34.6. The molecular weight excluding hydrogens is 620 g/mol. The number of nitrogens with two attached hydrogens (primary N) is 1. The zero-order valence-corrected chi connectivity index (χ0v) is 24.7. The average molecular weight is 652 g/mol. The van der Waals surface area contributed by atoms with Crippen molar-refractivity contribution in [3.63, 3.8) is 0 Å². The van der Waals surface area contributed by atoms with E-state index in [0.29, 0.717) is 27.9 Å². The van der Waals surface area contributed by atoms with Crippen LogP contribution in [0.3, 0.4) is 0 Å². The summed E-state index contributed by atoms with van der Waals surface area (Å²) in [4.78, 5) is 40.7. The van der Waals surface area contributed by atoms with Crippen molar-refractivity contribution in [3.8, 4) is 0 Å². The first-order chi connectivity index (χ1) is 19.6. The van der Waals surface area contributed by atoms with Crippen molar-refractivity contribution < 1.29 is 40.7 Å². The van der Waals surface area contributed by atoms with E-state index in [-0.39, 0.29) is 26.5 Å². The Balaban J connectivity index is 0.00000506. The summed E-state index contributed by atoms with van der Waals surface area (Å²) in [6, 6.07) is 11.4. The van der Waals surface area contributed by atoms with Gasteiger partial charge in [0, 0.05) is 53.1 Å². The molecule has 2 aliphatic rings. The van der Waals surface area contributed by atoms with Gasteiger partial charge in [-0.3, -0.25) is 14.4 Å². The Morgan fingerprint density at radius 2 is 1.58 bits per heavy atom. The van der Waals surface area contributed by atoms with E-state index in [4.69, 9.17) is 17.3 Å². The highest BCUT2D eigenvalue weighted by molar-refractivity contribution is 7.59. The SMILES string of the molecule is NC(=O)[C@@H](CCC(F)(F)F)[C@@H](CCC(F)(F)F)C(=O)N[C@H]1CN(c2cccc(C3CC3)c2)c2cccc(Cl)c2CC1=O.S. The number of rotatable bonds is 10. The number of fused-ring (bicyclic) bond motifs is 1. The van der Waals surface area contributed by atoms with Crippen molar-refractivity contribution in [1.82, 2.24) is 5.32 Å². The van der Waals surface area contributed by atoms with E-state index in [1.807, 2.05) is 24.3 Å².